The number of carbonyl (C=O) groups excluding carboxylic acids is 1. The van der Waals surface area contributed by atoms with Gasteiger partial charge in [-0.05, 0) is 6.92 Å². The van der Waals surface area contributed by atoms with E-state index < -0.39 is 11.5 Å². The van der Waals surface area contributed by atoms with Crippen molar-refractivity contribution < 1.29 is 19.0 Å². The number of nitrogens with two attached hydrogens (primary N) is 1. The summed E-state index contributed by atoms with van der Waals surface area (Å²) < 4.78 is 15.0. The smallest absolute Gasteiger partial charge is 0.328 e. The van der Waals surface area contributed by atoms with E-state index in [1.54, 1.807) is 0 Å². The molecule has 0 spiro atoms. The lowest BCUT2D eigenvalue weighted by Crippen LogP contribution is -2.49. The molecule has 0 aromatic heterocycles. The van der Waals surface area contributed by atoms with Gasteiger partial charge in [-0.25, -0.2) is 4.79 Å². The topological polar surface area (TPSA) is 70.8 Å². The van der Waals surface area contributed by atoms with E-state index in [-0.39, 0.29) is 13.2 Å². The van der Waals surface area contributed by atoms with Crippen molar-refractivity contribution in [1.82, 2.24) is 0 Å². The van der Waals surface area contributed by atoms with Gasteiger partial charge in [0, 0.05) is 19.6 Å². The summed E-state index contributed by atoms with van der Waals surface area (Å²) in [6.45, 7) is 3.95. The molecule has 5 nitrogen and oxygen atoms in total. The van der Waals surface area contributed by atoms with Crippen LogP contribution in [0.15, 0.2) is 0 Å². The minimum atomic E-state index is -0.938. The van der Waals surface area contributed by atoms with Crippen LogP contribution < -0.4 is 5.73 Å². The molecular weight excluding hydrogens is 186 g/mol. The van der Waals surface area contributed by atoms with Crippen molar-refractivity contribution in [2.45, 2.75) is 18.9 Å². The molecule has 0 radical (unpaired) electrons. The molecule has 1 saturated heterocycles. The summed E-state index contributed by atoms with van der Waals surface area (Å²) in [5.41, 5.74) is 4.84. The van der Waals surface area contributed by atoms with E-state index in [1.807, 2.05) is 6.92 Å². The quantitative estimate of drug-likeness (QED) is 0.490. The summed E-state index contributed by atoms with van der Waals surface area (Å²) in [5.74, 6) is -0.394. The summed E-state index contributed by atoms with van der Waals surface area (Å²) >= 11 is 0. The fourth-order valence-electron chi connectivity index (χ4n) is 1.22. The maximum Gasteiger partial charge on any atom is 0.328 e. The molecule has 0 bridgehead atoms. The van der Waals surface area contributed by atoms with Crippen molar-refractivity contribution in [1.29, 1.82) is 0 Å². The normalized spacial score (nSPS) is 26.4. The van der Waals surface area contributed by atoms with Gasteiger partial charge in [0.05, 0.1) is 13.2 Å². The van der Waals surface area contributed by atoms with Crippen LogP contribution in [0.5, 0.6) is 0 Å². The Morgan fingerprint density at radius 3 is 2.93 bits per heavy atom. The molecular formula is C9H17NO4. The van der Waals surface area contributed by atoms with Gasteiger partial charge < -0.3 is 19.9 Å². The van der Waals surface area contributed by atoms with Gasteiger partial charge >= 0.3 is 5.97 Å². The molecule has 0 aliphatic carbocycles. The standard InChI is InChI=1S/C9H17NO4/c1-2-12-5-6-14-8(11)9(10)3-4-13-7-9/h2-7,10H2,1H3. The van der Waals surface area contributed by atoms with Crippen molar-refractivity contribution in [2.75, 3.05) is 33.0 Å². The molecule has 0 saturated carbocycles. The summed E-state index contributed by atoms with van der Waals surface area (Å²) in [4.78, 5) is 11.4. The van der Waals surface area contributed by atoms with E-state index in [1.165, 1.54) is 0 Å². The molecule has 1 atom stereocenters. The molecule has 2 N–H and O–H groups in total. The Labute approximate surface area is 83.5 Å². The van der Waals surface area contributed by atoms with Crippen LogP contribution >= 0.6 is 0 Å². The van der Waals surface area contributed by atoms with E-state index in [0.29, 0.717) is 26.2 Å². The van der Waals surface area contributed by atoms with Crippen LogP contribution in [-0.2, 0) is 19.0 Å². The first kappa shape index (κ1) is 11.4. The maximum atomic E-state index is 11.4. The Morgan fingerprint density at radius 2 is 2.36 bits per heavy atom. The fourth-order valence-corrected chi connectivity index (χ4v) is 1.22. The van der Waals surface area contributed by atoms with Gasteiger partial charge in [-0.3, -0.25) is 0 Å². The highest BCUT2D eigenvalue weighted by atomic mass is 16.6. The van der Waals surface area contributed by atoms with Crippen molar-refractivity contribution in [3.63, 3.8) is 0 Å². The minimum absolute atomic E-state index is 0.250. The largest absolute Gasteiger partial charge is 0.462 e. The third-order valence-electron chi connectivity index (χ3n) is 2.12. The van der Waals surface area contributed by atoms with Gasteiger partial charge in [0.2, 0.25) is 0 Å². The second kappa shape index (κ2) is 5.29. The summed E-state index contributed by atoms with van der Waals surface area (Å²) in [7, 11) is 0. The van der Waals surface area contributed by atoms with E-state index in [0.717, 1.165) is 0 Å². The Hall–Kier alpha value is -0.650. The zero-order chi connectivity index (χ0) is 10.4. The lowest BCUT2D eigenvalue weighted by molar-refractivity contribution is -0.151. The maximum absolute atomic E-state index is 11.4. The van der Waals surface area contributed by atoms with E-state index in [2.05, 4.69) is 0 Å². The lowest BCUT2D eigenvalue weighted by atomic mass is 10.0. The molecule has 0 aromatic rings. The number of rotatable bonds is 5. The van der Waals surface area contributed by atoms with Crippen LogP contribution in [0.4, 0.5) is 0 Å². The molecule has 1 aliphatic rings. The monoisotopic (exact) mass is 203 g/mol. The van der Waals surface area contributed by atoms with Gasteiger partial charge in [0.25, 0.3) is 0 Å². The number of carbonyl (C=O) groups is 1. The molecule has 1 heterocycles. The van der Waals surface area contributed by atoms with Crippen LogP contribution in [0.2, 0.25) is 0 Å². The zero-order valence-corrected chi connectivity index (χ0v) is 8.45. The Kier molecular flexibility index (Phi) is 4.31. The summed E-state index contributed by atoms with van der Waals surface area (Å²) in [6, 6.07) is 0. The molecule has 14 heavy (non-hydrogen) atoms. The van der Waals surface area contributed by atoms with Crippen LogP contribution in [-0.4, -0.2) is 44.5 Å². The van der Waals surface area contributed by atoms with Crippen LogP contribution in [0.3, 0.4) is 0 Å². The molecule has 1 fully saturated rings. The first-order valence-corrected chi connectivity index (χ1v) is 4.80. The average molecular weight is 203 g/mol. The molecule has 1 rings (SSSR count). The van der Waals surface area contributed by atoms with Crippen LogP contribution in [0, 0.1) is 0 Å². The molecule has 5 heteroatoms. The highest BCUT2D eigenvalue weighted by Crippen LogP contribution is 2.16. The van der Waals surface area contributed by atoms with Gasteiger partial charge in [0.1, 0.15) is 12.1 Å². The first-order chi connectivity index (χ1) is 6.69. The van der Waals surface area contributed by atoms with Gasteiger partial charge in [-0.15, -0.1) is 0 Å². The molecule has 0 amide bonds. The van der Waals surface area contributed by atoms with Crippen molar-refractivity contribution in [2.24, 2.45) is 5.73 Å². The van der Waals surface area contributed by atoms with Crippen molar-refractivity contribution >= 4 is 5.97 Å². The third-order valence-corrected chi connectivity index (χ3v) is 2.12. The minimum Gasteiger partial charge on any atom is -0.462 e. The van der Waals surface area contributed by atoms with Crippen molar-refractivity contribution in [3.05, 3.63) is 0 Å². The van der Waals surface area contributed by atoms with Crippen molar-refractivity contribution in [3.8, 4) is 0 Å². The molecule has 1 aliphatic heterocycles. The third kappa shape index (κ3) is 2.94. The summed E-state index contributed by atoms with van der Waals surface area (Å²) in [6.07, 6.45) is 0.528. The Balaban J connectivity index is 2.20. The Bertz CT molecular complexity index is 189. The second-order valence-corrected chi connectivity index (χ2v) is 3.29. The highest BCUT2D eigenvalue weighted by molar-refractivity contribution is 5.81. The van der Waals surface area contributed by atoms with Crippen LogP contribution in [0.1, 0.15) is 13.3 Å². The number of hydrogen-bond acceptors (Lipinski definition) is 5. The predicted molar refractivity (Wildman–Crippen MR) is 49.8 cm³/mol. The van der Waals surface area contributed by atoms with Gasteiger partial charge in [0.15, 0.2) is 0 Å². The fraction of sp³-hybridized carbons (Fsp3) is 0.889. The summed E-state index contributed by atoms with van der Waals surface area (Å²) in [5, 5.41) is 0. The molecule has 0 aromatic carbocycles. The SMILES string of the molecule is CCOCCOC(=O)C1(N)CCOC1. The predicted octanol–water partition coefficient (Wildman–Crippen LogP) is -0.316. The molecule has 1 unspecified atom stereocenters. The zero-order valence-electron chi connectivity index (χ0n) is 8.45. The second-order valence-electron chi connectivity index (χ2n) is 3.29. The Morgan fingerprint density at radius 1 is 1.57 bits per heavy atom. The highest BCUT2D eigenvalue weighted by Gasteiger charge is 2.39. The van der Waals surface area contributed by atoms with Crippen LogP contribution in [0.25, 0.3) is 0 Å². The number of hydrogen-bond donors (Lipinski definition) is 1. The van der Waals surface area contributed by atoms with Gasteiger partial charge in [-0.1, -0.05) is 0 Å². The van der Waals surface area contributed by atoms with E-state index >= 15 is 0 Å². The first-order valence-electron chi connectivity index (χ1n) is 4.80. The number of ether oxygens (including phenoxy) is 3. The van der Waals surface area contributed by atoms with E-state index in [4.69, 9.17) is 19.9 Å². The molecule has 82 valence electrons. The van der Waals surface area contributed by atoms with E-state index in [9.17, 15) is 4.79 Å². The number of esters is 1. The lowest BCUT2D eigenvalue weighted by Gasteiger charge is -2.19. The average Bonchev–Trinajstić information content (AvgIpc) is 2.61. The van der Waals surface area contributed by atoms with Gasteiger partial charge in [-0.2, -0.15) is 0 Å².